The number of nitrogens with zero attached hydrogens (tertiary/aromatic N) is 2. The molecule has 0 aliphatic carbocycles. The number of aromatic nitrogens is 2. The number of esters is 1. The Balaban J connectivity index is 2.32. The number of fused-ring (bicyclic) bond motifs is 1. The molecule has 0 fully saturated rings. The molecule has 2 rings (SSSR count). The summed E-state index contributed by atoms with van der Waals surface area (Å²) < 4.78 is 11.8. The molecular weight excluding hydrogens is 320 g/mol. The smallest absolute Gasteiger partial charge is 0.343 e. The molecule has 0 aliphatic rings. The van der Waals surface area contributed by atoms with Gasteiger partial charge in [-0.1, -0.05) is 39.0 Å². The first kappa shape index (κ1) is 19.0. The number of carbonyl (C=O) groups excluding carboxylic acids is 1. The molecule has 2 aromatic rings. The predicted octanol–water partition coefficient (Wildman–Crippen LogP) is 3.55. The average molecular weight is 346 g/mol. The van der Waals surface area contributed by atoms with Crippen LogP contribution in [-0.4, -0.2) is 29.7 Å². The van der Waals surface area contributed by atoms with E-state index in [-0.39, 0.29) is 11.0 Å². The number of pyridine rings is 2. The maximum absolute atomic E-state index is 12.5. The van der Waals surface area contributed by atoms with Gasteiger partial charge in [0.1, 0.15) is 5.56 Å². The van der Waals surface area contributed by atoms with Gasteiger partial charge in [-0.05, 0) is 6.42 Å². The zero-order valence-electron chi connectivity index (χ0n) is 15.2. The van der Waals surface area contributed by atoms with E-state index in [9.17, 15) is 9.59 Å². The van der Waals surface area contributed by atoms with Gasteiger partial charge in [0.2, 0.25) is 11.3 Å². The van der Waals surface area contributed by atoms with Crippen molar-refractivity contribution in [3.8, 4) is 5.88 Å². The Kier molecular flexibility index (Phi) is 6.98. The van der Waals surface area contributed by atoms with Gasteiger partial charge in [0, 0.05) is 25.0 Å². The third-order valence-corrected chi connectivity index (χ3v) is 4.31. The van der Waals surface area contributed by atoms with E-state index in [0.29, 0.717) is 11.3 Å². The second kappa shape index (κ2) is 9.20. The zero-order chi connectivity index (χ0) is 18.2. The first-order valence-electron chi connectivity index (χ1n) is 8.77. The maximum Gasteiger partial charge on any atom is 0.343 e. The van der Waals surface area contributed by atoms with Crippen molar-refractivity contribution in [3.05, 3.63) is 34.2 Å². The van der Waals surface area contributed by atoms with E-state index in [0.717, 1.165) is 24.9 Å². The third-order valence-electron chi connectivity index (χ3n) is 4.31. The second-order valence-corrected chi connectivity index (χ2v) is 6.07. The average Bonchev–Trinajstić information content (AvgIpc) is 2.65. The van der Waals surface area contributed by atoms with E-state index in [1.54, 1.807) is 12.3 Å². The molecule has 0 N–H and O–H groups in total. The van der Waals surface area contributed by atoms with Crippen LogP contribution in [0.3, 0.4) is 0 Å². The summed E-state index contributed by atoms with van der Waals surface area (Å²) in [5, 5.41) is 0.398. The summed E-state index contributed by atoms with van der Waals surface area (Å²) in [5.74, 6) is -0.186. The number of carbonyl (C=O) groups is 1. The van der Waals surface area contributed by atoms with Gasteiger partial charge in [0.15, 0.2) is 0 Å². The Bertz CT molecular complexity index is 783. The van der Waals surface area contributed by atoms with Gasteiger partial charge >= 0.3 is 5.97 Å². The van der Waals surface area contributed by atoms with Crippen molar-refractivity contribution in [2.75, 3.05) is 14.2 Å². The highest BCUT2D eigenvalue weighted by atomic mass is 16.5. The van der Waals surface area contributed by atoms with Crippen molar-refractivity contribution < 1.29 is 14.3 Å². The minimum absolute atomic E-state index is 0.0351. The number of rotatable bonds is 9. The van der Waals surface area contributed by atoms with Gasteiger partial charge in [0.05, 0.1) is 25.1 Å². The van der Waals surface area contributed by atoms with Crippen molar-refractivity contribution >= 4 is 16.9 Å². The van der Waals surface area contributed by atoms with Crippen LogP contribution < -0.4 is 10.2 Å². The van der Waals surface area contributed by atoms with Crippen LogP contribution in [-0.2, 0) is 11.3 Å². The fourth-order valence-electron chi connectivity index (χ4n) is 2.88. The Morgan fingerprint density at radius 1 is 1.16 bits per heavy atom. The molecule has 0 radical (unpaired) electrons. The number of unbranched alkanes of at least 4 members (excludes halogenated alkanes) is 5. The molecule has 0 saturated heterocycles. The molecule has 6 nitrogen and oxygen atoms in total. The summed E-state index contributed by atoms with van der Waals surface area (Å²) in [6, 6.07) is 1.73. The van der Waals surface area contributed by atoms with E-state index in [2.05, 4.69) is 11.9 Å². The number of methoxy groups -OCH3 is 2. The van der Waals surface area contributed by atoms with Crippen LogP contribution in [0.15, 0.2) is 23.3 Å². The topological polar surface area (TPSA) is 70.4 Å². The van der Waals surface area contributed by atoms with Crippen LogP contribution in [0.2, 0.25) is 0 Å². The minimum Gasteiger partial charge on any atom is -0.481 e. The van der Waals surface area contributed by atoms with Crippen LogP contribution in [0.1, 0.15) is 55.8 Å². The van der Waals surface area contributed by atoms with Crippen molar-refractivity contribution in [1.82, 2.24) is 9.55 Å². The summed E-state index contributed by atoms with van der Waals surface area (Å²) in [7, 11) is 2.81. The zero-order valence-corrected chi connectivity index (χ0v) is 15.2. The van der Waals surface area contributed by atoms with E-state index in [1.165, 1.54) is 46.1 Å². The summed E-state index contributed by atoms with van der Waals surface area (Å²) >= 11 is 0. The van der Waals surface area contributed by atoms with Crippen LogP contribution in [0, 0.1) is 0 Å². The Morgan fingerprint density at radius 2 is 1.88 bits per heavy atom. The lowest BCUT2D eigenvalue weighted by Crippen LogP contribution is -2.20. The second-order valence-electron chi connectivity index (χ2n) is 6.07. The molecule has 0 amide bonds. The monoisotopic (exact) mass is 346 g/mol. The highest BCUT2D eigenvalue weighted by molar-refractivity contribution is 5.93. The molecule has 0 aromatic carbocycles. The van der Waals surface area contributed by atoms with Gasteiger partial charge in [-0.25, -0.2) is 9.78 Å². The lowest BCUT2D eigenvalue weighted by Gasteiger charge is -2.13. The van der Waals surface area contributed by atoms with Crippen LogP contribution in [0.5, 0.6) is 5.88 Å². The van der Waals surface area contributed by atoms with Gasteiger partial charge in [-0.15, -0.1) is 0 Å². The molecule has 0 spiro atoms. The molecule has 2 heterocycles. The fraction of sp³-hybridized carbons (Fsp3) is 0.526. The number of ether oxygens (including phenoxy) is 2. The third kappa shape index (κ3) is 4.59. The summed E-state index contributed by atoms with van der Waals surface area (Å²) in [6.07, 6.45) is 10.1. The normalized spacial score (nSPS) is 10.8. The molecule has 0 unspecified atom stereocenters. The minimum atomic E-state index is -0.626. The van der Waals surface area contributed by atoms with Gasteiger partial charge in [-0.2, -0.15) is 0 Å². The van der Waals surface area contributed by atoms with E-state index in [4.69, 9.17) is 9.47 Å². The molecule has 6 heteroatoms. The largest absolute Gasteiger partial charge is 0.481 e. The molecule has 0 bridgehead atoms. The molecule has 0 saturated carbocycles. The van der Waals surface area contributed by atoms with Crippen molar-refractivity contribution in [2.24, 2.45) is 0 Å². The molecule has 0 aliphatic heterocycles. The standard InChI is InChI=1S/C19H26N2O4/c1-4-5-6-7-8-9-10-21-13-15(19(23)25-3)18(22)14-12-20-17(24-2)11-16(14)21/h11-13H,4-10H2,1-3H3. The van der Waals surface area contributed by atoms with E-state index < -0.39 is 5.97 Å². The van der Waals surface area contributed by atoms with Gasteiger partial charge < -0.3 is 14.0 Å². The Hall–Kier alpha value is -2.37. The van der Waals surface area contributed by atoms with Crippen LogP contribution in [0.4, 0.5) is 0 Å². The Morgan fingerprint density at radius 3 is 2.56 bits per heavy atom. The number of hydrogen-bond donors (Lipinski definition) is 0. The van der Waals surface area contributed by atoms with E-state index >= 15 is 0 Å². The van der Waals surface area contributed by atoms with E-state index in [1.807, 2.05) is 4.57 Å². The first-order valence-corrected chi connectivity index (χ1v) is 8.77. The predicted molar refractivity (Wildman–Crippen MR) is 97.3 cm³/mol. The van der Waals surface area contributed by atoms with Gasteiger partial charge in [0.25, 0.3) is 0 Å². The Labute approximate surface area is 147 Å². The van der Waals surface area contributed by atoms with Crippen molar-refractivity contribution in [1.29, 1.82) is 0 Å². The highest BCUT2D eigenvalue weighted by Gasteiger charge is 2.16. The summed E-state index contributed by atoms with van der Waals surface area (Å²) in [5.41, 5.74) is 0.391. The first-order chi connectivity index (χ1) is 12.1. The maximum atomic E-state index is 12.5. The van der Waals surface area contributed by atoms with Crippen molar-refractivity contribution in [2.45, 2.75) is 52.0 Å². The highest BCUT2D eigenvalue weighted by Crippen LogP contribution is 2.18. The summed E-state index contributed by atoms with van der Waals surface area (Å²) in [4.78, 5) is 28.6. The molecule has 0 atom stereocenters. The molecule has 136 valence electrons. The van der Waals surface area contributed by atoms with Crippen LogP contribution >= 0.6 is 0 Å². The number of aryl methyl sites for hydroxylation is 1. The fourth-order valence-corrected chi connectivity index (χ4v) is 2.88. The quantitative estimate of drug-likeness (QED) is 0.513. The molecular formula is C19H26N2O4. The molecule has 2 aromatic heterocycles. The van der Waals surface area contributed by atoms with Crippen LogP contribution in [0.25, 0.3) is 10.9 Å². The lowest BCUT2D eigenvalue weighted by atomic mass is 10.1. The number of hydrogen-bond acceptors (Lipinski definition) is 5. The lowest BCUT2D eigenvalue weighted by molar-refractivity contribution is 0.0598. The molecule has 25 heavy (non-hydrogen) atoms. The SMILES string of the molecule is CCCCCCCCn1cc(C(=O)OC)c(=O)c2cnc(OC)cc21. The summed E-state index contributed by atoms with van der Waals surface area (Å²) in [6.45, 7) is 2.92. The van der Waals surface area contributed by atoms with Gasteiger partial charge in [-0.3, -0.25) is 4.79 Å². The van der Waals surface area contributed by atoms with Crippen molar-refractivity contribution in [3.63, 3.8) is 0 Å².